The molecule has 5 nitrogen and oxygen atoms in total. The van der Waals surface area contributed by atoms with E-state index in [2.05, 4.69) is 0 Å². The minimum atomic E-state index is -0.0756. The number of benzene rings is 1. The second-order valence-corrected chi connectivity index (χ2v) is 4.79. The van der Waals surface area contributed by atoms with Crippen molar-refractivity contribution in [2.45, 2.75) is 13.0 Å². The summed E-state index contributed by atoms with van der Waals surface area (Å²) in [7, 11) is 3.42. The zero-order valence-corrected chi connectivity index (χ0v) is 12.3. The largest absolute Gasteiger partial charge is 0.496 e. The van der Waals surface area contributed by atoms with E-state index in [1.807, 2.05) is 24.3 Å². The van der Waals surface area contributed by atoms with Crippen molar-refractivity contribution in [1.29, 1.82) is 0 Å². The van der Waals surface area contributed by atoms with Gasteiger partial charge in [-0.25, -0.2) is 0 Å². The first kappa shape index (κ1) is 15.1. The van der Waals surface area contributed by atoms with Gasteiger partial charge >= 0.3 is 0 Å². The zero-order chi connectivity index (χ0) is 15.2. The summed E-state index contributed by atoms with van der Waals surface area (Å²) in [6.45, 7) is 0.889. The molecule has 21 heavy (non-hydrogen) atoms. The van der Waals surface area contributed by atoms with Crippen LogP contribution in [0.2, 0.25) is 0 Å². The summed E-state index contributed by atoms with van der Waals surface area (Å²) >= 11 is 0. The van der Waals surface area contributed by atoms with Gasteiger partial charge in [0.15, 0.2) is 0 Å². The first-order valence-corrected chi connectivity index (χ1v) is 6.80. The quantitative estimate of drug-likeness (QED) is 0.883. The molecule has 0 saturated carbocycles. The summed E-state index contributed by atoms with van der Waals surface area (Å²) in [5.74, 6) is 1.37. The van der Waals surface area contributed by atoms with Gasteiger partial charge in [0.05, 0.1) is 19.2 Å². The molecule has 1 aromatic carbocycles. The van der Waals surface area contributed by atoms with E-state index < -0.39 is 0 Å². The number of carbonyl (C=O) groups is 1. The minimum absolute atomic E-state index is 0.0756. The number of ether oxygens (including phenoxy) is 1. The van der Waals surface area contributed by atoms with Gasteiger partial charge in [0, 0.05) is 13.6 Å². The molecule has 0 saturated heterocycles. The van der Waals surface area contributed by atoms with Gasteiger partial charge in [0.1, 0.15) is 17.8 Å². The minimum Gasteiger partial charge on any atom is -0.496 e. The van der Waals surface area contributed by atoms with E-state index >= 15 is 0 Å². The van der Waals surface area contributed by atoms with Gasteiger partial charge in [-0.05, 0) is 24.1 Å². The molecule has 0 unspecified atom stereocenters. The van der Waals surface area contributed by atoms with Crippen LogP contribution in [-0.2, 0) is 13.0 Å². The van der Waals surface area contributed by atoms with E-state index in [-0.39, 0.29) is 12.5 Å². The molecule has 2 N–H and O–H groups in total. The predicted octanol–water partition coefficient (Wildman–Crippen LogP) is 2.06. The van der Waals surface area contributed by atoms with Crippen molar-refractivity contribution in [1.82, 2.24) is 4.90 Å². The lowest BCUT2D eigenvalue weighted by atomic mass is 10.1. The number of nitrogens with zero attached hydrogens (tertiary/aromatic N) is 1. The third-order valence-corrected chi connectivity index (χ3v) is 3.36. The summed E-state index contributed by atoms with van der Waals surface area (Å²) in [4.78, 5) is 13.9. The van der Waals surface area contributed by atoms with E-state index in [0.29, 0.717) is 17.9 Å². The molecule has 1 aromatic heterocycles. The third-order valence-electron chi connectivity index (χ3n) is 3.36. The van der Waals surface area contributed by atoms with Gasteiger partial charge in [0.2, 0.25) is 0 Å². The molecule has 5 heteroatoms. The van der Waals surface area contributed by atoms with Gasteiger partial charge < -0.3 is 19.8 Å². The maximum atomic E-state index is 12.2. The van der Waals surface area contributed by atoms with Crippen LogP contribution in [0.5, 0.6) is 5.75 Å². The van der Waals surface area contributed by atoms with Crippen LogP contribution in [0.3, 0.4) is 0 Å². The Bertz CT molecular complexity index is 607. The molecule has 1 heterocycles. The molecule has 0 aliphatic rings. The number of amides is 1. The summed E-state index contributed by atoms with van der Waals surface area (Å²) in [6, 6.07) is 9.49. The number of rotatable bonds is 6. The summed E-state index contributed by atoms with van der Waals surface area (Å²) in [6.07, 6.45) is 2.18. The second-order valence-electron chi connectivity index (χ2n) is 4.79. The zero-order valence-electron chi connectivity index (χ0n) is 12.3. The molecule has 2 rings (SSSR count). The fourth-order valence-electron chi connectivity index (χ4n) is 2.12. The van der Waals surface area contributed by atoms with E-state index in [1.165, 1.54) is 6.26 Å². The number of hydrogen-bond donors (Lipinski definition) is 1. The second kappa shape index (κ2) is 6.95. The predicted molar refractivity (Wildman–Crippen MR) is 80.3 cm³/mol. The number of para-hydroxylation sites is 1. The van der Waals surface area contributed by atoms with Crippen LogP contribution in [0.25, 0.3) is 0 Å². The molecule has 0 aliphatic heterocycles. The average molecular weight is 288 g/mol. The lowest BCUT2D eigenvalue weighted by molar-refractivity contribution is 0.0795. The lowest BCUT2D eigenvalue weighted by Crippen LogP contribution is -2.28. The highest BCUT2D eigenvalue weighted by atomic mass is 16.5. The highest BCUT2D eigenvalue weighted by molar-refractivity contribution is 5.93. The Morgan fingerprint density at radius 1 is 1.38 bits per heavy atom. The Kier molecular flexibility index (Phi) is 5.00. The van der Waals surface area contributed by atoms with Crippen molar-refractivity contribution in [2.75, 3.05) is 20.7 Å². The molecule has 0 spiro atoms. The molecule has 0 bridgehead atoms. The lowest BCUT2D eigenvalue weighted by Gasteiger charge is -2.17. The van der Waals surface area contributed by atoms with Crippen LogP contribution in [0.4, 0.5) is 0 Å². The standard InChI is InChI=1S/C16H20N2O3/c1-18(16(19)13-9-14(10-17)21-11-13)8-7-12-5-3-4-6-15(12)20-2/h3-6,9,11H,7-8,10,17H2,1-2H3. The van der Waals surface area contributed by atoms with Crippen molar-refractivity contribution < 1.29 is 13.9 Å². The van der Waals surface area contributed by atoms with Gasteiger partial charge in [-0.15, -0.1) is 0 Å². The molecule has 2 aromatic rings. The summed E-state index contributed by atoms with van der Waals surface area (Å²) in [5, 5.41) is 0. The van der Waals surface area contributed by atoms with Gasteiger partial charge in [-0.1, -0.05) is 18.2 Å². The highest BCUT2D eigenvalue weighted by Gasteiger charge is 2.15. The maximum absolute atomic E-state index is 12.2. The monoisotopic (exact) mass is 288 g/mol. The number of furan rings is 1. The fourth-order valence-corrected chi connectivity index (χ4v) is 2.12. The van der Waals surface area contributed by atoms with Crippen LogP contribution in [-0.4, -0.2) is 31.5 Å². The highest BCUT2D eigenvalue weighted by Crippen LogP contribution is 2.18. The average Bonchev–Trinajstić information content (AvgIpc) is 3.01. The molecule has 0 radical (unpaired) electrons. The van der Waals surface area contributed by atoms with Crippen LogP contribution >= 0.6 is 0 Å². The van der Waals surface area contributed by atoms with Crippen LogP contribution < -0.4 is 10.5 Å². The molecule has 0 fully saturated rings. The fraction of sp³-hybridized carbons (Fsp3) is 0.312. The summed E-state index contributed by atoms with van der Waals surface area (Å²) < 4.78 is 10.5. The van der Waals surface area contributed by atoms with Crippen LogP contribution in [0, 0.1) is 0 Å². The van der Waals surface area contributed by atoms with E-state index in [4.69, 9.17) is 14.9 Å². The van der Waals surface area contributed by atoms with Crippen LogP contribution in [0.1, 0.15) is 21.7 Å². The SMILES string of the molecule is COc1ccccc1CCN(C)C(=O)c1coc(CN)c1. The van der Waals surface area contributed by atoms with Crippen molar-refractivity contribution in [3.63, 3.8) is 0 Å². The van der Waals surface area contributed by atoms with E-state index in [9.17, 15) is 4.79 Å². The number of methoxy groups -OCH3 is 1. The van der Waals surface area contributed by atoms with Crippen molar-refractivity contribution in [3.8, 4) is 5.75 Å². The number of carbonyl (C=O) groups excluding carboxylic acids is 1. The Morgan fingerprint density at radius 2 is 2.14 bits per heavy atom. The van der Waals surface area contributed by atoms with E-state index in [1.54, 1.807) is 25.1 Å². The molecule has 112 valence electrons. The molecule has 1 amide bonds. The molecular formula is C16H20N2O3. The van der Waals surface area contributed by atoms with Crippen molar-refractivity contribution in [2.24, 2.45) is 5.73 Å². The van der Waals surface area contributed by atoms with Gasteiger partial charge in [0.25, 0.3) is 5.91 Å². The Labute approximate surface area is 124 Å². The normalized spacial score (nSPS) is 10.4. The number of hydrogen-bond acceptors (Lipinski definition) is 4. The van der Waals surface area contributed by atoms with E-state index in [0.717, 1.165) is 17.7 Å². The van der Waals surface area contributed by atoms with Crippen molar-refractivity contribution >= 4 is 5.91 Å². The third kappa shape index (κ3) is 3.64. The summed E-state index contributed by atoms with van der Waals surface area (Å²) in [5.41, 5.74) is 7.08. The first-order chi connectivity index (χ1) is 10.2. The number of nitrogens with two attached hydrogens (primary N) is 1. The Hall–Kier alpha value is -2.27. The maximum Gasteiger partial charge on any atom is 0.256 e. The topological polar surface area (TPSA) is 68.7 Å². The molecule has 0 aliphatic carbocycles. The Morgan fingerprint density at radius 3 is 2.81 bits per heavy atom. The molecule has 0 atom stereocenters. The van der Waals surface area contributed by atoms with Crippen molar-refractivity contribution in [3.05, 3.63) is 53.5 Å². The van der Waals surface area contributed by atoms with Gasteiger partial charge in [-0.3, -0.25) is 4.79 Å². The van der Waals surface area contributed by atoms with Gasteiger partial charge in [-0.2, -0.15) is 0 Å². The first-order valence-electron chi connectivity index (χ1n) is 6.80. The Balaban J connectivity index is 1.97. The number of likely N-dealkylation sites (N-methyl/N-ethyl adjacent to an activating group) is 1. The smallest absolute Gasteiger partial charge is 0.256 e. The van der Waals surface area contributed by atoms with Crippen LogP contribution in [0.15, 0.2) is 41.0 Å². The molecular weight excluding hydrogens is 268 g/mol.